The number of imidazole rings is 1. The number of pyridine rings is 1. The second-order valence-corrected chi connectivity index (χ2v) is 5.68. The molecule has 5 nitrogen and oxygen atoms in total. The Morgan fingerprint density at radius 3 is 3.05 bits per heavy atom. The van der Waals surface area contributed by atoms with Crippen LogP contribution in [-0.2, 0) is 0 Å². The molecule has 3 heterocycles. The van der Waals surface area contributed by atoms with Crippen LogP contribution in [0.3, 0.4) is 0 Å². The van der Waals surface area contributed by atoms with Crippen molar-refractivity contribution in [3.05, 3.63) is 36.4 Å². The molecule has 0 unspecified atom stereocenters. The molecule has 100 valence electrons. The third-order valence-corrected chi connectivity index (χ3v) is 3.51. The van der Waals surface area contributed by atoms with Crippen LogP contribution >= 0.6 is 0 Å². The van der Waals surface area contributed by atoms with Gasteiger partial charge in [0.05, 0.1) is 23.6 Å². The van der Waals surface area contributed by atoms with Crippen LogP contribution in [0.5, 0.6) is 0 Å². The number of nitrogens with zero attached hydrogens (tertiary/aromatic N) is 3. The lowest BCUT2D eigenvalue weighted by atomic mass is 10.0. The molecule has 0 bridgehead atoms. The maximum Gasteiger partial charge on any atom is 0.255 e. The summed E-state index contributed by atoms with van der Waals surface area (Å²) in [5, 5.41) is 3.41. The van der Waals surface area contributed by atoms with E-state index in [1.807, 2.05) is 27.6 Å². The van der Waals surface area contributed by atoms with Crippen molar-refractivity contribution in [2.45, 2.75) is 19.4 Å². The maximum atomic E-state index is 12.5. The second kappa shape index (κ2) is 4.35. The van der Waals surface area contributed by atoms with E-state index in [9.17, 15) is 4.79 Å². The van der Waals surface area contributed by atoms with E-state index >= 15 is 0 Å². The molecular weight excluding hydrogens is 240 g/mol. The van der Waals surface area contributed by atoms with Crippen molar-refractivity contribution in [3.63, 3.8) is 0 Å². The summed E-state index contributed by atoms with van der Waals surface area (Å²) in [4.78, 5) is 18.5. The number of amides is 1. The second-order valence-electron chi connectivity index (χ2n) is 5.68. The Bertz CT molecular complexity index is 617. The van der Waals surface area contributed by atoms with Crippen molar-refractivity contribution in [1.82, 2.24) is 19.6 Å². The zero-order chi connectivity index (χ0) is 13.5. The van der Waals surface area contributed by atoms with Crippen LogP contribution in [0.25, 0.3) is 5.52 Å². The van der Waals surface area contributed by atoms with Crippen LogP contribution in [0.15, 0.2) is 30.9 Å². The van der Waals surface area contributed by atoms with Crippen LogP contribution in [0.1, 0.15) is 24.2 Å². The van der Waals surface area contributed by atoms with Crippen LogP contribution in [0.4, 0.5) is 0 Å². The summed E-state index contributed by atoms with van der Waals surface area (Å²) >= 11 is 0. The average molecular weight is 258 g/mol. The molecule has 5 heteroatoms. The number of aromatic nitrogens is 2. The van der Waals surface area contributed by atoms with Gasteiger partial charge in [-0.15, -0.1) is 0 Å². The van der Waals surface area contributed by atoms with Crippen LogP contribution in [-0.4, -0.2) is 45.4 Å². The van der Waals surface area contributed by atoms with Gasteiger partial charge in [-0.1, -0.05) is 0 Å². The molecular formula is C14H18N4O. The van der Waals surface area contributed by atoms with Gasteiger partial charge in [0.2, 0.25) is 0 Å². The SMILES string of the molecule is CC1(C)CN(C(=O)c2ccc3cncn3c2)CCN1. The van der Waals surface area contributed by atoms with Gasteiger partial charge in [-0.05, 0) is 26.0 Å². The number of rotatable bonds is 1. The monoisotopic (exact) mass is 258 g/mol. The predicted molar refractivity (Wildman–Crippen MR) is 73.2 cm³/mol. The first-order chi connectivity index (χ1) is 9.05. The molecule has 1 amide bonds. The molecule has 0 radical (unpaired) electrons. The zero-order valence-corrected chi connectivity index (χ0v) is 11.3. The van der Waals surface area contributed by atoms with Gasteiger partial charge in [-0.2, -0.15) is 0 Å². The fraction of sp³-hybridized carbons (Fsp3) is 0.429. The number of carbonyl (C=O) groups is 1. The van der Waals surface area contributed by atoms with Crippen molar-refractivity contribution < 1.29 is 4.79 Å². The van der Waals surface area contributed by atoms with Crippen molar-refractivity contribution in [3.8, 4) is 0 Å². The normalized spacial score (nSPS) is 18.7. The largest absolute Gasteiger partial charge is 0.335 e. The minimum atomic E-state index is -0.0208. The van der Waals surface area contributed by atoms with Crippen molar-refractivity contribution in [1.29, 1.82) is 0 Å². The van der Waals surface area contributed by atoms with Gasteiger partial charge in [-0.3, -0.25) is 4.79 Å². The van der Waals surface area contributed by atoms with Crippen molar-refractivity contribution in [2.24, 2.45) is 0 Å². The van der Waals surface area contributed by atoms with E-state index in [0.717, 1.165) is 25.2 Å². The summed E-state index contributed by atoms with van der Waals surface area (Å²) < 4.78 is 1.88. The Hall–Kier alpha value is -1.88. The number of hydrogen-bond donors (Lipinski definition) is 1. The highest BCUT2D eigenvalue weighted by atomic mass is 16.2. The Morgan fingerprint density at radius 1 is 1.42 bits per heavy atom. The molecule has 1 aliphatic heterocycles. The van der Waals surface area contributed by atoms with Crippen LogP contribution < -0.4 is 5.32 Å². The molecule has 1 fully saturated rings. The topological polar surface area (TPSA) is 49.6 Å². The first-order valence-corrected chi connectivity index (χ1v) is 6.51. The number of fused-ring (bicyclic) bond motifs is 1. The molecule has 0 atom stereocenters. The minimum Gasteiger partial charge on any atom is -0.335 e. The van der Waals surface area contributed by atoms with Gasteiger partial charge in [0.1, 0.15) is 0 Å². The highest BCUT2D eigenvalue weighted by Gasteiger charge is 2.29. The fourth-order valence-corrected chi connectivity index (χ4v) is 2.54. The molecule has 0 saturated carbocycles. The number of piperazine rings is 1. The molecule has 0 aliphatic carbocycles. The lowest BCUT2D eigenvalue weighted by Crippen LogP contribution is -2.58. The lowest BCUT2D eigenvalue weighted by Gasteiger charge is -2.39. The van der Waals surface area contributed by atoms with E-state index in [4.69, 9.17) is 0 Å². The first-order valence-electron chi connectivity index (χ1n) is 6.51. The Kier molecular flexibility index (Phi) is 2.78. The maximum absolute atomic E-state index is 12.5. The molecule has 0 aromatic carbocycles. The lowest BCUT2D eigenvalue weighted by molar-refractivity contribution is 0.0651. The van der Waals surface area contributed by atoms with Gasteiger partial charge in [-0.25, -0.2) is 4.98 Å². The minimum absolute atomic E-state index is 0.0208. The van der Waals surface area contributed by atoms with Crippen LogP contribution in [0.2, 0.25) is 0 Å². The van der Waals surface area contributed by atoms with Gasteiger partial charge in [0, 0.05) is 31.4 Å². The Labute approximate surface area is 112 Å². The van der Waals surface area contributed by atoms with Gasteiger partial charge in [0.25, 0.3) is 5.91 Å². The first kappa shape index (κ1) is 12.2. The van der Waals surface area contributed by atoms with E-state index in [1.54, 1.807) is 12.5 Å². The van der Waals surface area contributed by atoms with E-state index in [1.165, 1.54) is 0 Å². The van der Waals surface area contributed by atoms with E-state index in [0.29, 0.717) is 5.56 Å². The summed E-state index contributed by atoms with van der Waals surface area (Å²) in [7, 11) is 0. The van der Waals surface area contributed by atoms with Crippen LogP contribution in [0, 0.1) is 0 Å². The predicted octanol–water partition coefficient (Wildman–Crippen LogP) is 1.16. The fourth-order valence-electron chi connectivity index (χ4n) is 2.54. The van der Waals surface area contributed by atoms with Gasteiger partial charge in [0.15, 0.2) is 0 Å². The summed E-state index contributed by atoms with van der Waals surface area (Å²) in [5.74, 6) is 0.0881. The number of nitrogens with one attached hydrogen (secondary N) is 1. The Balaban J connectivity index is 1.86. The molecule has 19 heavy (non-hydrogen) atoms. The summed E-state index contributed by atoms with van der Waals surface area (Å²) in [6.07, 6.45) is 5.34. The molecule has 2 aromatic rings. The smallest absolute Gasteiger partial charge is 0.255 e. The number of hydrogen-bond acceptors (Lipinski definition) is 3. The van der Waals surface area contributed by atoms with Gasteiger partial charge >= 0.3 is 0 Å². The molecule has 0 spiro atoms. The molecule has 3 rings (SSSR count). The standard InChI is InChI=1S/C14H18N4O/c1-14(2)9-17(6-5-16-14)13(19)11-3-4-12-7-15-10-18(12)8-11/h3-4,7-8,10,16H,5-6,9H2,1-2H3. The highest BCUT2D eigenvalue weighted by molar-refractivity contribution is 5.94. The quantitative estimate of drug-likeness (QED) is 0.835. The molecule has 1 saturated heterocycles. The average Bonchev–Trinajstić information content (AvgIpc) is 2.83. The van der Waals surface area contributed by atoms with E-state index in [-0.39, 0.29) is 11.4 Å². The summed E-state index contributed by atoms with van der Waals surface area (Å²) in [5.41, 5.74) is 1.69. The van der Waals surface area contributed by atoms with Gasteiger partial charge < -0.3 is 14.6 Å². The molecule has 1 aliphatic rings. The van der Waals surface area contributed by atoms with Crippen molar-refractivity contribution >= 4 is 11.4 Å². The summed E-state index contributed by atoms with van der Waals surface area (Å²) in [6.45, 7) is 6.56. The molecule has 1 N–H and O–H groups in total. The summed E-state index contributed by atoms with van der Waals surface area (Å²) in [6, 6.07) is 3.79. The van der Waals surface area contributed by atoms with E-state index in [2.05, 4.69) is 24.1 Å². The third kappa shape index (κ3) is 2.33. The van der Waals surface area contributed by atoms with Crippen molar-refractivity contribution in [2.75, 3.05) is 19.6 Å². The Morgan fingerprint density at radius 2 is 2.26 bits per heavy atom. The zero-order valence-electron chi connectivity index (χ0n) is 11.3. The molecule has 2 aromatic heterocycles. The van der Waals surface area contributed by atoms with E-state index < -0.39 is 0 Å². The highest BCUT2D eigenvalue weighted by Crippen LogP contribution is 2.14. The third-order valence-electron chi connectivity index (χ3n) is 3.51. The number of carbonyl (C=O) groups excluding carboxylic acids is 1.